The summed E-state index contributed by atoms with van der Waals surface area (Å²) in [5, 5.41) is 3.11. The lowest BCUT2D eigenvalue weighted by Gasteiger charge is -2.06. The van der Waals surface area contributed by atoms with E-state index in [-0.39, 0.29) is 24.0 Å². The number of nitrogens with two attached hydrogens (primary N) is 1. The summed E-state index contributed by atoms with van der Waals surface area (Å²) >= 11 is 0. The van der Waals surface area contributed by atoms with Crippen LogP contribution in [0.1, 0.15) is 24.0 Å². The molecule has 0 aromatic heterocycles. The van der Waals surface area contributed by atoms with Crippen LogP contribution >= 0.6 is 24.0 Å². The smallest absolute Gasteiger partial charge is 0.189 e. The Kier molecular flexibility index (Phi) is 5.81. The Morgan fingerprint density at radius 2 is 2.10 bits per heavy atom. The molecular weight excluding hydrogens is 389 g/mol. The third-order valence-corrected chi connectivity index (χ3v) is 4.26. The molecule has 1 aliphatic carbocycles. The molecule has 112 valence electrons. The summed E-state index contributed by atoms with van der Waals surface area (Å²) in [6.45, 7) is 2.24. The average Bonchev–Trinajstić information content (AvgIpc) is 3.08. The molecule has 7 heteroatoms. The molecular formula is C13H20IN3O2S. The molecule has 0 aliphatic heterocycles. The van der Waals surface area contributed by atoms with Gasteiger partial charge in [-0.1, -0.05) is 12.1 Å². The van der Waals surface area contributed by atoms with Gasteiger partial charge in [-0.05, 0) is 37.0 Å². The molecule has 1 fully saturated rings. The topological polar surface area (TPSA) is 84.5 Å². The van der Waals surface area contributed by atoms with Crippen LogP contribution in [0.2, 0.25) is 0 Å². The van der Waals surface area contributed by atoms with E-state index in [2.05, 4.69) is 10.3 Å². The van der Waals surface area contributed by atoms with Crippen molar-refractivity contribution < 1.29 is 8.42 Å². The molecule has 1 aromatic rings. The van der Waals surface area contributed by atoms with E-state index in [1.165, 1.54) is 6.26 Å². The van der Waals surface area contributed by atoms with Crippen molar-refractivity contribution in [1.29, 1.82) is 0 Å². The number of hydrogen-bond acceptors (Lipinski definition) is 3. The van der Waals surface area contributed by atoms with Gasteiger partial charge in [-0.25, -0.2) is 13.4 Å². The molecule has 5 nitrogen and oxygen atoms in total. The number of sulfone groups is 1. The van der Waals surface area contributed by atoms with Crippen molar-refractivity contribution in [3.63, 3.8) is 0 Å². The van der Waals surface area contributed by atoms with Gasteiger partial charge in [-0.2, -0.15) is 0 Å². The molecule has 0 spiro atoms. The van der Waals surface area contributed by atoms with Crippen LogP contribution in [0.3, 0.4) is 0 Å². The number of nitrogens with one attached hydrogen (secondary N) is 1. The van der Waals surface area contributed by atoms with E-state index in [0.29, 0.717) is 23.4 Å². The van der Waals surface area contributed by atoms with Crippen LogP contribution in [0.25, 0.3) is 0 Å². The van der Waals surface area contributed by atoms with Gasteiger partial charge in [0.05, 0.1) is 11.4 Å². The zero-order valence-electron chi connectivity index (χ0n) is 11.6. The quantitative estimate of drug-likeness (QED) is 0.450. The molecule has 20 heavy (non-hydrogen) atoms. The van der Waals surface area contributed by atoms with Crippen LogP contribution < -0.4 is 11.1 Å². The standard InChI is InChI=1S/C13H19N3O2S.HI/c1-9-7-10(3-6-12(9)19(2,17)18)8-15-13(14)16-11-4-5-11;/h3,6-7,11H,4-5,8H2,1-2H3,(H3,14,15,16);1H. The van der Waals surface area contributed by atoms with E-state index in [9.17, 15) is 8.42 Å². The molecule has 1 saturated carbocycles. The number of guanidine groups is 1. The Hall–Kier alpha value is -0.830. The van der Waals surface area contributed by atoms with Gasteiger partial charge >= 0.3 is 0 Å². The first-order valence-corrected chi connectivity index (χ1v) is 8.11. The van der Waals surface area contributed by atoms with Crippen molar-refractivity contribution >= 4 is 39.8 Å². The number of halogens is 1. The summed E-state index contributed by atoms with van der Waals surface area (Å²) in [5.41, 5.74) is 7.43. The minimum atomic E-state index is -3.16. The summed E-state index contributed by atoms with van der Waals surface area (Å²) < 4.78 is 23.0. The monoisotopic (exact) mass is 409 g/mol. The zero-order chi connectivity index (χ0) is 14.0. The summed E-state index contributed by atoms with van der Waals surface area (Å²) in [6, 6.07) is 5.72. The Balaban J connectivity index is 0.00000200. The molecule has 2 rings (SSSR count). The fourth-order valence-corrected chi connectivity index (χ4v) is 2.84. The maximum absolute atomic E-state index is 11.5. The molecule has 1 aliphatic rings. The van der Waals surface area contributed by atoms with Crippen molar-refractivity contribution in [1.82, 2.24) is 5.32 Å². The van der Waals surface area contributed by atoms with Gasteiger partial charge in [0.2, 0.25) is 0 Å². The molecule has 0 saturated heterocycles. The first kappa shape index (κ1) is 17.2. The van der Waals surface area contributed by atoms with E-state index in [0.717, 1.165) is 24.0 Å². The van der Waals surface area contributed by atoms with Gasteiger partial charge in [-0.15, -0.1) is 24.0 Å². The van der Waals surface area contributed by atoms with E-state index in [4.69, 9.17) is 5.73 Å². The molecule has 1 aromatic carbocycles. The lowest BCUT2D eigenvalue weighted by Crippen LogP contribution is -2.33. The number of rotatable bonds is 4. The summed E-state index contributed by atoms with van der Waals surface area (Å²) in [7, 11) is -3.16. The lowest BCUT2D eigenvalue weighted by molar-refractivity contribution is 0.601. The van der Waals surface area contributed by atoms with Crippen LogP contribution in [0.4, 0.5) is 0 Å². The van der Waals surface area contributed by atoms with Gasteiger partial charge < -0.3 is 11.1 Å². The maximum Gasteiger partial charge on any atom is 0.189 e. The van der Waals surface area contributed by atoms with Crippen LogP contribution in [0.15, 0.2) is 28.1 Å². The Morgan fingerprint density at radius 3 is 2.60 bits per heavy atom. The third-order valence-electron chi connectivity index (χ3n) is 3.00. The van der Waals surface area contributed by atoms with E-state index in [1.807, 2.05) is 6.07 Å². The third kappa shape index (κ3) is 4.93. The number of hydrogen-bond donors (Lipinski definition) is 2. The van der Waals surface area contributed by atoms with E-state index < -0.39 is 9.84 Å². The molecule has 0 radical (unpaired) electrons. The Morgan fingerprint density at radius 1 is 1.45 bits per heavy atom. The van der Waals surface area contributed by atoms with E-state index >= 15 is 0 Å². The van der Waals surface area contributed by atoms with Crippen molar-refractivity contribution in [3.8, 4) is 0 Å². The Bertz CT molecular complexity index is 610. The second kappa shape index (κ2) is 6.75. The van der Waals surface area contributed by atoms with Crippen LogP contribution in [-0.2, 0) is 16.4 Å². The highest BCUT2D eigenvalue weighted by Crippen LogP contribution is 2.19. The predicted molar refractivity (Wildman–Crippen MR) is 91.2 cm³/mol. The van der Waals surface area contributed by atoms with E-state index in [1.54, 1.807) is 19.1 Å². The molecule has 3 N–H and O–H groups in total. The second-order valence-electron chi connectivity index (χ2n) is 4.99. The minimum Gasteiger partial charge on any atom is -0.370 e. The van der Waals surface area contributed by atoms with Crippen LogP contribution in [0.5, 0.6) is 0 Å². The number of nitrogens with zero attached hydrogens (tertiary/aromatic N) is 1. The molecule has 0 unspecified atom stereocenters. The Labute approximate surface area is 137 Å². The molecule has 0 amide bonds. The summed E-state index contributed by atoms with van der Waals surface area (Å²) in [4.78, 5) is 4.61. The highest BCUT2D eigenvalue weighted by Gasteiger charge is 2.21. The summed E-state index contributed by atoms with van der Waals surface area (Å²) in [5.74, 6) is 0.451. The average molecular weight is 409 g/mol. The predicted octanol–water partition coefficient (Wildman–Crippen LogP) is 1.58. The SMILES string of the molecule is Cc1cc(CN=C(N)NC2CC2)ccc1S(C)(=O)=O.I. The molecule has 0 atom stereocenters. The highest BCUT2D eigenvalue weighted by atomic mass is 127. The lowest BCUT2D eigenvalue weighted by atomic mass is 10.1. The van der Waals surface area contributed by atoms with Crippen molar-refractivity contribution in [3.05, 3.63) is 29.3 Å². The van der Waals surface area contributed by atoms with Crippen LogP contribution in [-0.4, -0.2) is 26.7 Å². The normalized spacial score (nSPS) is 15.6. The fraction of sp³-hybridized carbons (Fsp3) is 0.462. The van der Waals surface area contributed by atoms with Gasteiger partial charge in [0.25, 0.3) is 0 Å². The summed E-state index contributed by atoms with van der Waals surface area (Å²) in [6.07, 6.45) is 3.52. The first-order chi connectivity index (χ1) is 8.86. The van der Waals surface area contributed by atoms with Gasteiger partial charge in [0.1, 0.15) is 0 Å². The fourth-order valence-electron chi connectivity index (χ4n) is 1.88. The van der Waals surface area contributed by atoms with Crippen molar-refractivity contribution in [2.75, 3.05) is 6.26 Å². The van der Waals surface area contributed by atoms with Gasteiger partial charge in [-0.3, -0.25) is 0 Å². The molecule has 0 bridgehead atoms. The van der Waals surface area contributed by atoms with Gasteiger partial charge in [0, 0.05) is 12.3 Å². The zero-order valence-corrected chi connectivity index (χ0v) is 14.7. The maximum atomic E-state index is 11.5. The minimum absolute atomic E-state index is 0. The number of benzene rings is 1. The van der Waals surface area contributed by atoms with Gasteiger partial charge in [0.15, 0.2) is 15.8 Å². The van der Waals surface area contributed by atoms with Crippen molar-refractivity contribution in [2.24, 2.45) is 10.7 Å². The van der Waals surface area contributed by atoms with Crippen molar-refractivity contribution in [2.45, 2.75) is 37.2 Å². The first-order valence-electron chi connectivity index (χ1n) is 6.22. The number of aliphatic imine (C=N–C) groups is 1. The molecule has 0 heterocycles. The van der Waals surface area contributed by atoms with Crippen LogP contribution in [0, 0.1) is 6.92 Å². The highest BCUT2D eigenvalue weighted by molar-refractivity contribution is 14.0. The second-order valence-corrected chi connectivity index (χ2v) is 6.98. The number of aryl methyl sites for hydroxylation is 1. The largest absolute Gasteiger partial charge is 0.370 e.